The second kappa shape index (κ2) is 4.49. The van der Waals surface area contributed by atoms with E-state index in [1.165, 1.54) is 0 Å². The molecule has 1 unspecified atom stereocenters. The van der Waals surface area contributed by atoms with Gasteiger partial charge in [0.2, 0.25) is 5.91 Å². The van der Waals surface area contributed by atoms with Gasteiger partial charge in [-0.1, -0.05) is 0 Å². The third-order valence-electron chi connectivity index (χ3n) is 2.41. The van der Waals surface area contributed by atoms with Gasteiger partial charge in [-0.25, -0.2) is 0 Å². The lowest BCUT2D eigenvalue weighted by atomic mass is 10.0. The molecule has 1 rings (SSSR count). The Labute approximate surface area is 91.8 Å². The van der Waals surface area contributed by atoms with Crippen molar-refractivity contribution < 1.29 is 9.53 Å². The highest BCUT2D eigenvalue weighted by Crippen LogP contribution is 2.16. The summed E-state index contributed by atoms with van der Waals surface area (Å²) in [5.74, 6) is 0.0376. The van der Waals surface area contributed by atoms with Crippen LogP contribution in [0.3, 0.4) is 0 Å². The molecule has 0 saturated carbocycles. The zero-order valence-corrected chi connectivity index (χ0v) is 10.1. The number of hydrogen-bond donors (Lipinski definition) is 2. The lowest BCUT2D eigenvalue weighted by Gasteiger charge is -2.25. The molecule has 1 atom stereocenters. The van der Waals surface area contributed by atoms with E-state index in [0.29, 0.717) is 13.2 Å². The largest absolute Gasteiger partial charge is 0.379 e. The smallest absolute Gasteiger partial charge is 0.234 e. The van der Waals surface area contributed by atoms with Crippen molar-refractivity contribution in [1.82, 2.24) is 10.6 Å². The highest BCUT2D eigenvalue weighted by atomic mass is 16.5. The third kappa shape index (κ3) is 4.62. The molecule has 0 bridgehead atoms. The molecule has 4 heteroatoms. The van der Waals surface area contributed by atoms with E-state index >= 15 is 0 Å². The summed E-state index contributed by atoms with van der Waals surface area (Å²) in [6, 6.07) is 0. The van der Waals surface area contributed by atoms with E-state index < -0.39 is 0 Å². The van der Waals surface area contributed by atoms with Gasteiger partial charge in [-0.05, 0) is 34.1 Å². The van der Waals surface area contributed by atoms with Crippen molar-refractivity contribution in [2.24, 2.45) is 0 Å². The number of hydrogen-bond acceptors (Lipinski definition) is 3. The maximum absolute atomic E-state index is 11.5. The quantitative estimate of drug-likeness (QED) is 0.726. The lowest BCUT2D eigenvalue weighted by Crippen LogP contribution is -2.51. The molecule has 0 radical (unpaired) electrons. The average molecular weight is 214 g/mol. The van der Waals surface area contributed by atoms with Gasteiger partial charge in [0.25, 0.3) is 0 Å². The second-order valence-electron chi connectivity index (χ2n) is 5.51. The van der Waals surface area contributed by atoms with Crippen LogP contribution in [-0.4, -0.2) is 36.7 Å². The van der Waals surface area contributed by atoms with Gasteiger partial charge in [-0.3, -0.25) is 4.79 Å². The Morgan fingerprint density at radius 3 is 2.60 bits per heavy atom. The fourth-order valence-electron chi connectivity index (χ4n) is 1.56. The van der Waals surface area contributed by atoms with Gasteiger partial charge in [0.15, 0.2) is 0 Å². The van der Waals surface area contributed by atoms with E-state index in [2.05, 4.69) is 17.6 Å². The number of nitrogens with one attached hydrogen (secondary N) is 2. The minimum Gasteiger partial charge on any atom is -0.379 e. The van der Waals surface area contributed by atoms with Gasteiger partial charge in [0.1, 0.15) is 0 Å². The predicted octanol–water partition coefficient (Wildman–Crippen LogP) is 0.670. The van der Waals surface area contributed by atoms with Crippen LogP contribution < -0.4 is 10.6 Å². The summed E-state index contributed by atoms with van der Waals surface area (Å²) >= 11 is 0. The summed E-state index contributed by atoms with van der Waals surface area (Å²) in [5, 5.41) is 6.16. The zero-order valence-electron chi connectivity index (χ0n) is 10.1. The highest BCUT2D eigenvalue weighted by molar-refractivity contribution is 5.78. The number of carbonyl (C=O) groups is 1. The van der Waals surface area contributed by atoms with E-state index in [0.717, 1.165) is 13.0 Å². The highest BCUT2D eigenvalue weighted by Gasteiger charge is 2.29. The van der Waals surface area contributed by atoms with Crippen molar-refractivity contribution in [2.75, 3.05) is 19.8 Å². The molecular weight excluding hydrogens is 192 g/mol. The molecule has 1 saturated heterocycles. The van der Waals surface area contributed by atoms with Gasteiger partial charge in [-0.2, -0.15) is 0 Å². The summed E-state index contributed by atoms with van der Waals surface area (Å²) in [5.41, 5.74) is -0.193. The molecule has 0 aliphatic carbocycles. The van der Waals surface area contributed by atoms with Crippen molar-refractivity contribution in [3.05, 3.63) is 0 Å². The fraction of sp³-hybridized carbons (Fsp3) is 0.909. The Bertz CT molecular complexity index is 227. The Morgan fingerprint density at radius 1 is 1.47 bits per heavy atom. The topological polar surface area (TPSA) is 50.4 Å². The number of ether oxygens (including phenoxy) is 1. The molecule has 1 fully saturated rings. The molecule has 0 aromatic carbocycles. The summed E-state index contributed by atoms with van der Waals surface area (Å²) < 4.78 is 5.30. The zero-order chi connectivity index (χ0) is 11.5. The van der Waals surface area contributed by atoms with Gasteiger partial charge in [-0.15, -0.1) is 0 Å². The van der Waals surface area contributed by atoms with E-state index in [-0.39, 0.29) is 17.0 Å². The molecule has 1 heterocycles. The molecule has 0 aromatic rings. The van der Waals surface area contributed by atoms with E-state index in [4.69, 9.17) is 4.74 Å². The van der Waals surface area contributed by atoms with Crippen LogP contribution in [0.4, 0.5) is 0 Å². The standard InChI is InChI=1S/C11H22N2O2/c1-10(2,3)13-9(14)7-12-11(4)5-6-15-8-11/h12H,5-8H2,1-4H3,(H,13,14). The second-order valence-corrected chi connectivity index (χ2v) is 5.51. The van der Waals surface area contributed by atoms with Crippen molar-refractivity contribution in [2.45, 2.75) is 45.2 Å². The van der Waals surface area contributed by atoms with Crippen molar-refractivity contribution >= 4 is 5.91 Å². The fourth-order valence-corrected chi connectivity index (χ4v) is 1.56. The summed E-state index contributed by atoms with van der Waals surface area (Å²) in [4.78, 5) is 11.5. The Hall–Kier alpha value is -0.610. The van der Waals surface area contributed by atoms with Crippen LogP contribution in [0.2, 0.25) is 0 Å². The number of amides is 1. The van der Waals surface area contributed by atoms with Crippen molar-refractivity contribution in [3.8, 4) is 0 Å². The minimum absolute atomic E-state index is 0.0325. The first-order chi connectivity index (χ1) is 6.81. The van der Waals surface area contributed by atoms with Crippen LogP contribution in [0.1, 0.15) is 34.1 Å². The van der Waals surface area contributed by atoms with E-state index in [1.54, 1.807) is 0 Å². The SMILES string of the molecule is CC(C)(C)NC(=O)CNC1(C)CCOC1. The first-order valence-electron chi connectivity index (χ1n) is 5.45. The predicted molar refractivity (Wildman–Crippen MR) is 59.7 cm³/mol. The summed E-state index contributed by atoms with van der Waals surface area (Å²) in [6.07, 6.45) is 0.968. The molecular formula is C11H22N2O2. The summed E-state index contributed by atoms with van der Waals surface area (Å²) in [7, 11) is 0. The van der Waals surface area contributed by atoms with Crippen molar-refractivity contribution in [3.63, 3.8) is 0 Å². The molecule has 0 spiro atoms. The van der Waals surface area contributed by atoms with E-state index in [9.17, 15) is 4.79 Å². The van der Waals surface area contributed by atoms with Gasteiger partial charge < -0.3 is 15.4 Å². The van der Waals surface area contributed by atoms with Crippen LogP contribution >= 0.6 is 0 Å². The summed E-state index contributed by atoms with van der Waals surface area (Å²) in [6.45, 7) is 9.85. The maximum atomic E-state index is 11.5. The first-order valence-corrected chi connectivity index (χ1v) is 5.45. The number of carbonyl (C=O) groups excluding carboxylic acids is 1. The molecule has 0 aromatic heterocycles. The van der Waals surface area contributed by atoms with Gasteiger partial charge in [0.05, 0.1) is 13.2 Å². The van der Waals surface area contributed by atoms with Crippen LogP contribution in [0.25, 0.3) is 0 Å². The number of rotatable bonds is 3. The Morgan fingerprint density at radius 2 is 2.13 bits per heavy atom. The van der Waals surface area contributed by atoms with E-state index in [1.807, 2.05) is 20.8 Å². The Kier molecular flexibility index (Phi) is 3.73. The average Bonchev–Trinajstić information content (AvgIpc) is 2.47. The third-order valence-corrected chi connectivity index (χ3v) is 2.41. The first kappa shape index (κ1) is 12.5. The van der Waals surface area contributed by atoms with Gasteiger partial charge in [0, 0.05) is 17.7 Å². The lowest BCUT2D eigenvalue weighted by molar-refractivity contribution is -0.122. The van der Waals surface area contributed by atoms with Crippen molar-refractivity contribution in [1.29, 1.82) is 0 Å². The van der Waals surface area contributed by atoms with Crippen LogP contribution in [0.15, 0.2) is 0 Å². The molecule has 1 aliphatic rings. The van der Waals surface area contributed by atoms with Gasteiger partial charge >= 0.3 is 0 Å². The minimum atomic E-state index is -0.161. The normalized spacial score (nSPS) is 26.7. The van der Waals surface area contributed by atoms with Crippen LogP contribution in [0, 0.1) is 0 Å². The molecule has 1 amide bonds. The molecule has 4 nitrogen and oxygen atoms in total. The Balaban J connectivity index is 2.28. The van der Waals surface area contributed by atoms with Crippen LogP contribution in [0.5, 0.6) is 0 Å². The molecule has 1 aliphatic heterocycles. The molecule has 88 valence electrons. The van der Waals surface area contributed by atoms with Crippen LogP contribution in [-0.2, 0) is 9.53 Å². The molecule has 15 heavy (non-hydrogen) atoms. The maximum Gasteiger partial charge on any atom is 0.234 e. The monoisotopic (exact) mass is 214 g/mol. The molecule has 2 N–H and O–H groups in total.